The van der Waals surface area contributed by atoms with Gasteiger partial charge in [0, 0.05) is 19.0 Å². The highest BCUT2D eigenvalue weighted by Gasteiger charge is 2.35. The Morgan fingerprint density at radius 1 is 1.24 bits per heavy atom. The van der Waals surface area contributed by atoms with E-state index in [1.165, 1.54) is 16.6 Å². The van der Waals surface area contributed by atoms with Gasteiger partial charge >= 0.3 is 0 Å². The van der Waals surface area contributed by atoms with E-state index in [-0.39, 0.29) is 11.0 Å². The van der Waals surface area contributed by atoms with Crippen LogP contribution in [0.5, 0.6) is 5.75 Å². The number of ether oxygens (including phenoxy) is 1. The number of benzene rings is 1. The fraction of sp³-hybridized carbons (Fsp3) is 0.333. The zero-order chi connectivity index (χ0) is 14.9. The summed E-state index contributed by atoms with van der Waals surface area (Å²) in [5.74, 6) is 0.950. The third-order valence-corrected chi connectivity index (χ3v) is 5.57. The Balaban J connectivity index is 1.83. The lowest BCUT2D eigenvalue weighted by atomic mass is 9.97. The van der Waals surface area contributed by atoms with Gasteiger partial charge in [0.25, 0.3) is 10.0 Å². The molecule has 0 N–H and O–H groups in total. The first-order valence-corrected chi connectivity index (χ1v) is 8.23. The van der Waals surface area contributed by atoms with Gasteiger partial charge < -0.3 is 9.15 Å². The molecule has 1 aromatic heterocycles. The second kappa shape index (κ2) is 5.54. The van der Waals surface area contributed by atoms with E-state index in [4.69, 9.17) is 9.15 Å². The van der Waals surface area contributed by atoms with Crippen molar-refractivity contribution in [3.8, 4) is 5.75 Å². The van der Waals surface area contributed by atoms with Gasteiger partial charge in [-0.25, -0.2) is 8.42 Å². The largest absolute Gasteiger partial charge is 0.496 e. The van der Waals surface area contributed by atoms with Crippen LogP contribution in [-0.4, -0.2) is 32.9 Å². The summed E-state index contributed by atoms with van der Waals surface area (Å²) in [6.45, 7) is 0.940. The number of hydrogen-bond donors (Lipinski definition) is 0. The van der Waals surface area contributed by atoms with E-state index in [1.807, 2.05) is 24.3 Å². The molecule has 6 heteroatoms. The first-order chi connectivity index (χ1) is 10.1. The quantitative estimate of drug-likeness (QED) is 0.870. The zero-order valence-corrected chi connectivity index (χ0v) is 12.5. The van der Waals surface area contributed by atoms with Crippen molar-refractivity contribution in [2.24, 2.45) is 0 Å². The van der Waals surface area contributed by atoms with Gasteiger partial charge in [0.2, 0.25) is 5.09 Å². The molecule has 1 aliphatic rings. The fourth-order valence-corrected chi connectivity index (χ4v) is 4.15. The van der Waals surface area contributed by atoms with Gasteiger partial charge in [0.05, 0.1) is 13.4 Å². The molecule has 0 bridgehead atoms. The lowest BCUT2D eigenvalue weighted by Gasteiger charge is -2.16. The van der Waals surface area contributed by atoms with Crippen LogP contribution in [0.2, 0.25) is 0 Å². The first kappa shape index (κ1) is 14.2. The third kappa shape index (κ3) is 2.56. The third-order valence-electron chi connectivity index (χ3n) is 3.82. The molecule has 0 amide bonds. The summed E-state index contributed by atoms with van der Waals surface area (Å²) in [6.07, 6.45) is 2.15. The summed E-state index contributed by atoms with van der Waals surface area (Å²) >= 11 is 0. The Bertz CT molecular complexity index is 709. The molecule has 1 fully saturated rings. The summed E-state index contributed by atoms with van der Waals surface area (Å²) in [5.41, 5.74) is 1.05. The van der Waals surface area contributed by atoms with Crippen LogP contribution < -0.4 is 4.74 Å². The predicted octanol–water partition coefficient (Wildman–Crippen LogP) is 2.47. The highest BCUT2D eigenvalue weighted by molar-refractivity contribution is 7.89. The molecule has 1 atom stereocenters. The maximum atomic E-state index is 12.4. The van der Waals surface area contributed by atoms with Crippen LogP contribution in [0, 0.1) is 0 Å². The molecule has 2 aromatic rings. The second-order valence-electron chi connectivity index (χ2n) is 5.02. The fourth-order valence-electron chi connectivity index (χ4n) is 2.74. The minimum atomic E-state index is -3.53. The summed E-state index contributed by atoms with van der Waals surface area (Å²) in [5, 5.41) is 0.00294. The van der Waals surface area contributed by atoms with Gasteiger partial charge in [-0.05, 0) is 30.2 Å². The molecule has 5 nitrogen and oxygen atoms in total. The van der Waals surface area contributed by atoms with Crippen LogP contribution in [0.4, 0.5) is 0 Å². The molecule has 21 heavy (non-hydrogen) atoms. The highest BCUT2D eigenvalue weighted by Crippen LogP contribution is 2.35. The van der Waals surface area contributed by atoms with E-state index >= 15 is 0 Å². The van der Waals surface area contributed by atoms with Gasteiger partial charge in [-0.1, -0.05) is 18.2 Å². The molecule has 0 radical (unpaired) electrons. The molecule has 0 aliphatic carbocycles. The van der Waals surface area contributed by atoms with E-state index < -0.39 is 10.0 Å². The van der Waals surface area contributed by atoms with Gasteiger partial charge in [-0.15, -0.1) is 0 Å². The smallest absolute Gasteiger partial charge is 0.276 e. The van der Waals surface area contributed by atoms with Gasteiger partial charge in [0.1, 0.15) is 5.75 Å². The Labute approximate surface area is 124 Å². The molecule has 0 saturated carbocycles. The van der Waals surface area contributed by atoms with Crippen LogP contribution in [0.25, 0.3) is 0 Å². The van der Waals surface area contributed by atoms with Crippen molar-refractivity contribution >= 4 is 10.0 Å². The minimum absolute atomic E-state index is 0.00294. The molecular formula is C15H17NO4S. The second-order valence-corrected chi connectivity index (χ2v) is 6.89. The van der Waals surface area contributed by atoms with Gasteiger partial charge in [0.15, 0.2) is 0 Å². The SMILES string of the molecule is COc1ccccc1[C@@H]1CCN(S(=O)(=O)c2ccco2)C1. The monoisotopic (exact) mass is 307 g/mol. The Morgan fingerprint density at radius 2 is 2.05 bits per heavy atom. The average molecular weight is 307 g/mol. The number of furan rings is 1. The topological polar surface area (TPSA) is 59.8 Å². The van der Waals surface area contributed by atoms with E-state index in [1.54, 1.807) is 13.2 Å². The summed E-state index contributed by atoms with van der Waals surface area (Å²) in [4.78, 5) is 0. The van der Waals surface area contributed by atoms with E-state index in [2.05, 4.69) is 0 Å². The van der Waals surface area contributed by atoms with E-state index in [9.17, 15) is 8.42 Å². The van der Waals surface area contributed by atoms with Crippen LogP contribution in [0.15, 0.2) is 52.2 Å². The molecule has 0 spiro atoms. The molecule has 112 valence electrons. The Hall–Kier alpha value is -1.79. The normalized spacial score (nSPS) is 19.8. The molecule has 2 heterocycles. The van der Waals surface area contributed by atoms with Crippen molar-refractivity contribution < 1.29 is 17.6 Å². The minimum Gasteiger partial charge on any atom is -0.496 e. The molecule has 3 rings (SSSR count). The lowest BCUT2D eigenvalue weighted by molar-refractivity contribution is 0.400. The van der Waals surface area contributed by atoms with E-state index in [0.717, 1.165) is 17.7 Å². The number of hydrogen-bond acceptors (Lipinski definition) is 4. The maximum absolute atomic E-state index is 12.4. The van der Waals surface area contributed by atoms with E-state index in [0.29, 0.717) is 13.1 Å². The van der Waals surface area contributed by atoms with Crippen molar-refractivity contribution in [3.63, 3.8) is 0 Å². The van der Waals surface area contributed by atoms with Crippen LogP contribution in [-0.2, 0) is 10.0 Å². The summed E-state index contributed by atoms with van der Waals surface area (Å²) in [6, 6.07) is 10.8. The average Bonchev–Trinajstić information content (AvgIpc) is 3.18. The first-order valence-electron chi connectivity index (χ1n) is 6.79. The Morgan fingerprint density at radius 3 is 2.76 bits per heavy atom. The lowest BCUT2D eigenvalue weighted by Crippen LogP contribution is -2.28. The van der Waals surface area contributed by atoms with Crippen LogP contribution in [0.1, 0.15) is 17.9 Å². The molecule has 1 aliphatic heterocycles. The van der Waals surface area contributed by atoms with Crippen LogP contribution in [0.3, 0.4) is 0 Å². The molecule has 1 aromatic carbocycles. The maximum Gasteiger partial charge on any atom is 0.276 e. The number of nitrogens with zero attached hydrogens (tertiary/aromatic N) is 1. The van der Waals surface area contributed by atoms with Gasteiger partial charge in [-0.3, -0.25) is 0 Å². The highest BCUT2D eigenvalue weighted by atomic mass is 32.2. The molecule has 1 saturated heterocycles. The van der Waals surface area contributed by atoms with Crippen molar-refractivity contribution in [3.05, 3.63) is 48.2 Å². The van der Waals surface area contributed by atoms with Crippen molar-refractivity contribution in [2.75, 3.05) is 20.2 Å². The Kier molecular flexibility index (Phi) is 3.73. The number of methoxy groups -OCH3 is 1. The molecule has 0 unspecified atom stereocenters. The van der Waals surface area contributed by atoms with Crippen LogP contribution >= 0.6 is 0 Å². The molecular weight excluding hydrogens is 290 g/mol. The van der Waals surface area contributed by atoms with Crippen molar-refractivity contribution in [1.82, 2.24) is 4.31 Å². The standard InChI is InChI=1S/C15H17NO4S/c1-19-14-6-3-2-5-13(14)12-8-9-16(11-12)21(17,18)15-7-4-10-20-15/h2-7,10,12H,8-9,11H2,1H3/t12-/m1/s1. The van der Waals surface area contributed by atoms with Crippen molar-refractivity contribution in [1.29, 1.82) is 0 Å². The number of sulfonamides is 1. The summed E-state index contributed by atoms with van der Waals surface area (Å²) in [7, 11) is -1.90. The summed E-state index contributed by atoms with van der Waals surface area (Å²) < 4.78 is 36.7. The number of para-hydroxylation sites is 1. The zero-order valence-electron chi connectivity index (χ0n) is 11.7. The number of rotatable bonds is 4. The predicted molar refractivity (Wildman–Crippen MR) is 77.8 cm³/mol. The van der Waals surface area contributed by atoms with Crippen molar-refractivity contribution in [2.45, 2.75) is 17.4 Å². The van der Waals surface area contributed by atoms with Gasteiger partial charge in [-0.2, -0.15) is 4.31 Å².